The molecule has 0 heterocycles. The van der Waals surface area contributed by atoms with Gasteiger partial charge in [-0.25, -0.2) is 0 Å². The van der Waals surface area contributed by atoms with Gasteiger partial charge in [-0.3, -0.25) is 4.79 Å². The van der Waals surface area contributed by atoms with Gasteiger partial charge in [-0.2, -0.15) is 0 Å². The first-order chi connectivity index (χ1) is 7.49. The highest BCUT2D eigenvalue weighted by atomic mass is 35.5. The highest BCUT2D eigenvalue weighted by Crippen LogP contribution is 2.06. The van der Waals surface area contributed by atoms with Crippen molar-refractivity contribution in [3.8, 4) is 0 Å². The maximum atomic E-state index is 11.5. The molecule has 0 aliphatic heterocycles. The molecule has 0 aromatic carbocycles. The van der Waals surface area contributed by atoms with E-state index in [0.717, 1.165) is 19.4 Å². The van der Waals surface area contributed by atoms with Crippen molar-refractivity contribution in [3.63, 3.8) is 0 Å². The van der Waals surface area contributed by atoms with E-state index < -0.39 is 0 Å². The minimum absolute atomic E-state index is 0.137. The molecular weight excluding hydrogens is 224 g/mol. The lowest BCUT2D eigenvalue weighted by Gasteiger charge is -2.28. The average molecular weight is 249 g/mol. The third-order valence-electron chi connectivity index (χ3n) is 2.73. The molecule has 0 bridgehead atoms. The summed E-state index contributed by atoms with van der Waals surface area (Å²) in [7, 11) is 4.09. The van der Waals surface area contributed by atoms with E-state index >= 15 is 0 Å². The van der Waals surface area contributed by atoms with Crippen molar-refractivity contribution in [3.05, 3.63) is 0 Å². The van der Waals surface area contributed by atoms with Crippen LogP contribution in [-0.4, -0.2) is 43.4 Å². The highest BCUT2D eigenvalue weighted by Gasteiger charge is 2.16. The Labute approximate surface area is 105 Å². The van der Waals surface area contributed by atoms with Gasteiger partial charge in [0.1, 0.15) is 0 Å². The van der Waals surface area contributed by atoms with Crippen molar-refractivity contribution >= 4 is 17.5 Å². The van der Waals surface area contributed by atoms with Gasteiger partial charge in [0.25, 0.3) is 0 Å². The molecule has 0 fully saturated rings. The summed E-state index contributed by atoms with van der Waals surface area (Å²) in [5.74, 6) is 1.32. The van der Waals surface area contributed by atoms with Crippen LogP contribution in [0.5, 0.6) is 0 Å². The standard InChI is InChI=1S/C12H25ClN2O/c1-10(2)11(15(3)4)9-14-12(16)7-5-6-8-13/h10-11H,5-9H2,1-4H3,(H,14,16). The zero-order chi connectivity index (χ0) is 12.6. The lowest BCUT2D eigenvalue weighted by molar-refractivity contribution is -0.121. The van der Waals surface area contributed by atoms with Crippen LogP contribution < -0.4 is 5.32 Å². The van der Waals surface area contributed by atoms with Gasteiger partial charge in [0.15, 0.2) is 0 Å². The van der Waals surface area contributed by atoms with E-state index in [4.69, 9.17) is 11.6 Å². The minimum atomic E-state index is 0.137. The SMILES string of the molecule is CC(C)C(CNC(=O)CCCCCl)N(C)C. The molecule has 0 radical (unpaired) electrons. The van der Waals surface area contributed by atoms with Crippen LogP contribution in [0.1, 0.15) is 33.1 Å². The maximum Gasteiger partial charge on any atom is 0.220 e. The number of amides is 1. The fourth-order valence-electron chi connectivity index (χ4n) is 1.70. The van der Waals surface area contributed by atoms with Crippen LogP contribution in [0.4, 0.5) is 0 Å². The van der Waals surface area contributed by atoms with Gasteiger partial charge in [0.05, 0.1) is 0 Å². The number of halogens is 1. The van der Waals surface area contributed by atoms with Gasteiger partial charge >= 0.3 is 0 Å². The van der Waals surface area contributed by atoms with E-state index in [-0.39, 0.29) is 5.91 Å². The molecule has 4 heteroatoms. The third kappa shape index (κ3) is 7.07. The third-order valence-corrected chi connectivity index (χ3v) is 3.00. The molecule has 0 saturated carbocycles. The fraction of sp³-hybridized carbons (Fsp3) is 0.917. The molecule has 0 aromatic heterocycles. The lowest BCUT2D eigenvalue weighted by atomic mass is 10.0. The van der Waals surface area contributed by atoms with Crippen LogP contribution in [0, 0.1) is 5.92 Å². The van der Waals surface area contributed by atoms with Crippen LogP contribution in [0.3, 0.4) is 0 Å². The first-order valence-corrected chi connectivity index (χ1v) is 6.51. The van der Waals surface area contributed by atoms with Gasteiger partial charge in [-0.05, 0) is 32.9 Å². The summed E-state index contributed by atoms with van der Waals surface area (Å²) in [4.78, 5) is 13.7. The largest absolute Gasteiger partial charge is 0.355 e. The number of nitrogens with zero attached hydrogens (tertiary/aromatic N) is 1. The maximum absolute atomic E-state index is 11.5. The number of likely N-dealkylation sites (N-methyl/N-ethyl adjacent to an activating group) is 1. The molecule has 0 saturated heterocycles. The Bertz CT molecular complexity index is 187. The number of carbonyl (C=O) groups excluding carboxylic acids is 1. The summed E-state index contributed by atoms with van der Waals surface area (Å²) in [5.41, 5.74) is 0. The van der Waals surface area contributed by atoms with Crippen molar-refractivity contribution in [2.75, 3.05) is 26.5 Å². The molecule has 1 unspecified atom stereocenters. The average Bonchev–Trinajstić information content (AvgIpc) is 2.17. The molecule has 0 aromatic rings. The first-order valence-electron chi connectivity index (χ1n) is 5.98. The smallest absolute Gasteiger partial charge is 0.220 e. The topological polar surface area (TPSA) is 32.3 Å². The number of carbonyl (C=O) groups is 1. The summed E-state index contributed by atoms with van der Waals surface area (Å²) in [6.45, 7) is 5.07. The van der Waals surface area contributed by atoms with Crippen LogP contribution in [0.25, 0.3) is 0 Å². The second-order valence-corrected chi connectivity index (χ2v) is 5.10. The van der Waals surface area contributed by atoms with E-state index in [1.165, 1.54) is 0 Å². The van der Waals surface area contributed by atoms with Crippen molar-refractivity contribution in [2.24, 2.45) is 5.92 Å². The van der Waals surface area contributed by atoms with Crippen molar-refractivity contribution in [1.82, 2.24) is 10.2 Å². The number of alkyl halides is 1. The fourth-order valence-corrected chi connectivity index (χ4v) is 1.89. The van der Waals surface area contributed by atoms with Gasteiger partial charge in [0.2, 0.25) is 5.91 Å². The zero-order valence-electron chi connectivity index (χ0n) is 10.9. The zero-order valence-corrected chi connectivity index (χ0v) is 11.7. The quantitative estimate of drug-likeness (QED) is 0.527. The number of rotatable bonds is 8. The molecular formula is C12H25ClN2O. The molecule has 96 valence electrons. The van der Waals surface area contributed by atoms with Gasteiger partial charge in [0, 0.05) is 24.9 Å². The molecule has 3 nitrogen and oxygen atoms in total. The Kier molecular flexibility index (Phi) is 8.67. The number of hydrogen-bond acceptors (Lipinski definition) is 2. The Balaban J connectivity index is 3.79. The summed E-state index contributed by atoms with van der Waals surface area (Å²) < 4.78 is 0. The molecule has 16 heavy (non-hydrogen) atoms. The minimum Gasteiger partial charge on any atom is -0.355 e. The Morgan fingerprint density at radius 2 is 1.94 bits per heavy atom. The van der Waals surface area contributed by atoms with Crippen LogP contribution in [0.2, 0.25) is 0 Å². The molecule has 0 aliphatic rings. The predicted octanol–water partition coefficient (Wildman–Crippen LogP) is 2.10. The molecule has 1 amide bonds. The molecule has 0 spiro atoms. The van der Waals surface area contributed by atoms with Crippen LogP contribution in [-0.2, 0) is 4.79 Å². The Hall–Kier alpha value is -0.280. The molecule has 0 aliphatic carbocycles. The summed E-state index contributed by atoms with van der Waals surface area (Å²) in [6, 6.07) is 0.400. The summed E-state index contributed by atoms with van der Waals surface area (Å²) in [6.07, 6.45) is 2.38. The van der Waals surface area contributed by atoms with Gasteiger partial charge in [-0.1, -0.05) is 13.8 Å². The van der Waals surface area contributed by atoms with Crippen LogP contribution >= 0.6 is 11.6 Å². The van der Waals surface area contributed by atoms with Gasteiger partial charge < -0.3 is 10.2 Å². The number of nitrogens with one attached hydrogen (secondary N) is 1. The number of unbranched alkanes of at least 4 members (excludes halogenated alkanes) is 1. The normalized spacial score (nSPS) is 13.2. The van der Waals surface area contributed by atoms with Crippen molar-refractivity contribution in [1.29, 1.82) is 0 Å². The van der Waals surface area contributed by atoms with Crippen molar-refractivity contribution < 1.29 is 4.79 Å². The molecule has 0 rings (SSSR count). The van der Waals surface area contributed by atoms with Crippen LogP contribution in [0.15, 0.2) is 0 Å². The second kappa shape index (κ2) is 8.82. The first kappa shape index (κ1) is 15.7. The van der Waals surface area contributed by atoms with E-state index in [0.29, 0.717) is 24.3 Å². The summed E-state index contributed by atoms with van der Waals surface area (Å²) >= 11 is 5.56. The predicted molar refractivity (Wildman–Crippen MR) is 69.9 cm³/mol. The van der Waals surface area contributed by atoms with Gasteiger partial charge in [-0.15, -0.1) is 11.6 Å². The second-order valence-electron chi connectivity index (χ2n) is 4.73. The van der Waals surface area contributed by atoms with E-state index in [9.17, 15) is 4.79 Å². The Morgan fingerprint density at radius 1 is 1.31 bits per heavy atom. The van der Waals surface area contributed by atoms with Crippen molar-refractivity contribution in [2.45, 2.75) is 39.2 Å². The monoisotopic (exact) mass is 248 g/mol. The molecule has 1 N–H and O–H groups in total. The van der Waals surface area contributed by atoms with E-state index in [1.807, 2.05) is 14.1 Å². The van der Waals surface area contributed by atoms with E-state index in [2.05, 4.69) is 24.1 Å². The number of hydrogen-bond donors (Lipinski definition) is 1. The highest BCUT2D eigenvalue weighted by molar-refractivity contribution is 6.17. The Morgan fingerprint density at radius 3 is 2.38 bits per heavy atom. The summed E-state index contributed by atoms with van der Waals surface area (Å²) in [5, 5.41) is 2.98. The lowest BCUT2D eigenvalue weighted by Crippen LogP contribution is -2.43. The van der Waals surface area contributed by atoms with E-state index in [1.54, 1.807) is 0 Å². The molecule has 1 atom stereocenters.